The van der Waals surface area contributed by atoms with Gasteiger partial charge in [-0.05, 0) is 86.1 Å². The number of ether oxygens (including phenoxy) is 2. The second kappa shape index (κ2) is 9.18. The van der Waals surface area contributed by atoms with Crippen molar-refractivity contribution in [3.8, 4) is 11.5 Å². The Morgan fingerprint density at radius 1 is 1.03 bits per heavy atom. The Balaban J connectivity index is 1.71. The predicted molar refractivity (Wildman–Crippen MR) is 121 cm³/mol. The number of methoxy groups -OCH3 is 2. The Bertz CT molecular complexity index is 1030. The molecule has 2 aromatic rings. The topological polar surface area (TPSA) is 67.9 Å². The molecule has 0 bridgehead atoms. The van der Waals surface area contributed by atoms with Crippen molar-refractivity contribution in [1.29, 1.82) is 0 Å². The summed E-state index contributed by atoms with van der Waals surface area (Å²) < 4.78 is 38.8. The van der Waals surface area contributed by atoms with E-state index in [-0.39, 0.29) is 5.92 Å². The lowest BCUT2D eigenvalue weighted by atomic mass is 9.94. The third-order valence-corrected chi connectivity index (χ3v) is 8.76. The smallest absolute Gasteiger partial charge is 0.194 e. The van der Waals surface area contributed by atoms with Gasteiger partial charge in [0.05, 0.1) is 19.1 Å². The first-order chi connectivity index (χ1) is 14.9. The van der Waals surface area contributed by atoms with E-state index >= 15 is 0 Å². The van der Waals surface area contributed by atoms with Gasteiger partial charge in [-0.1, -0.05) is 12.1 Å². The second-order valence-electron chi connectivity index (χ2n) is 8.54. The van der Waals surface area contributed by atoms with E-state index in [1.54, 1.807) is 26.4 Å². The maximum Gasteiger partial charge on any atom is 0.194 e. The summed E-state index contributed by atoms with van der Waals surface area (Å²) in [7, 11) is -0.242. The predicted octanol–water partition coefficient (Wildman–Crippen LogP) is 3.17. The van der Waals surface area contributed by atoms with Gasteiger partial charge >= 0.3 is 0 Å². The van der Waals surface area contributed by atoms with Crippen molar-refractivity contribution in [2.24, 2.45) is 5.92 Å². The molecule has 0 aromatic heterocycles. The molecule has 1 atom stereocenters. The zero-order chi connectivity index (χ0) is 22.0. The number of nitrogens with one attached hydrogen (secondary N) is 1. The van der Waals surface area contributed by atoms with Crippen LogP contribution in [0, 0.1) is 12.8 Å². The molecular weight excluding hydrogens is 412 g/mol. The van der Waals surface area contributed by atoms with Crippen molar-refractivity contribution in [3.63, 3.8) is 0 Å². The van der Waals surface area contributed by atoms with Gasteiger partial charge in [-0.2, -0.15) is 0 Å². The van der Waals surface area contributed by atoms with E-state index < -0.39 is 15.2 Å². The van der Waals surface area contributed by atoms with Gasteiger partial charge < -0.3 is 14.8 Å². The van der Waals surface area contributed by atoms with Crippen LogP contribution in [0.25, 0.3) is 0 Å². The van der Waals surface area contributed by atoms with Crippen LogP contribution < -0.4 is 14.8 Å². The van der Waals surface area contributed by atoms with Gasteiger partial charge in [-0.3, -0.25) is 4.90 Å². The Labute approximate surface area is 185 Å². The molecule has 4 rings (SSSR count). The van der Waals surface area contributed by atoms with E-state index in [2.05, 4.69) is 10.2 Å². The monoisotopic (exact) mass is 444 g/mol. The quantitative estimate of drug-likeness (QED) is 0.738. The summed E-state index contributed by atoms with van der Waals surface area (Å²) in [5.41, 5.74) is 3.28. The van der Waals surface area contributed by atoms with Crippen LogP contribution in [0.1, 0.15) is 29.5 Å². The van der Waals surface area contributed by atoms with Gasteiger partial charge in [0.1, 0.15) is 5.37 Å². The zero-order valence-electron chi connectivity index (χ0n) is 18.6. The van der Waals surface area contributed by atoms with Crippen LogP contribution in [0.2, 0.25) is 0 Å². The molecule has 0 spiro atoms. The second-order valence-corrected chi connectivity index (χ2v) is 10.6. The van der Waals surface area contributed by atoms with Crippen molar-refractivity contribution in [3.05, 3.63) is 53.1 Å². The molecule has 6 nitrogen and oxygen atoms in total. The molecule has 1 unspecified atom stereocenters. The van der Waals surface area contributed by atoms with Crippen LogP contribution in [0.15, 0.2) is 41.3 Å². The summed E-state index contributed by atoms with van der Waals surface area (Å²) in [6.45, 7) is 4.96. The molecule has 0 saturated carbocycles. The molecule has 1 N–H and O–H groups in total. The number of hydrogen-bond donors (Lipinski definition) is 1. The SMILES string of the molecule is COc1cc2c(cc1OC)CN(C(C1CCNCC1)S(=O)(=O)c1cccc(C)c1)CC2. The van der Waals surface area contributed by atoms with E-state index in [0.717, 1.165) is 49.2 Å². The van der Waals surface area contributed by atoms with Gasteiger partial charge in [0.2, 0.25) is 0 Å². The lowest BCUT2D eigenvalue weighted by Crippen LogP contribution is -2.50. The molecule has 2 heterocycles. The van der Waals surface area contributed by atoms with Crippen LogP contribution >= 0.6 is 0 Å². The number of fused-ring (bicyclic) bond motifs is 1. The van der Waals surface area contributed by atoms with Crippen LogP contribution in [-0.2, 0) is 22.8 Å². The molecule has 1 saturated heterocycles. The summed E-state index contributed by atoms with van der Waals surface area (Å²) in [4.78, 5) is 2.59. The maximum absolute atomic E-state index is 13.9. The Hall–Kier alpha value is -2.09. The van der Waals surface area contributed by atoms with Crippen molar-refractivity contribution >= 4 is 9.84 Å². The fourth-order valence-corrected chi connectivity index (χ4v) is 7.18. The number of hydrogen-bond acceptors (Lipinski definition) is 6. The fraction of sp³-hybridized carbons (Fsp3) is 0.500. The summed E-state index contributed by atoms with van der Waals surface area (Å²) in [6.07, 6.45) is 2.52. The van der Waals surface area contributed by atoms with Crippen molar-refractivity contribution in [2.45, 2.75) is 43.0 Å². The van der Waals surface area contributed by atoms with Crippen LogP contribution in [0.3, 0.4) is 0 Å². The minimum Gasteiger partial charge on any atom is -0.493 e. The number of sulfone groups is 1. The highest BCUT2D eigenvalue weighted by Gasteiger charge is 2.41. The molecule has 31 heavy (non-hydrogen) atoms. The van der Waals surface area contributed by atoms with Gasteiger partial charge in [0.25, 0.3) is 0 Å². The third kappa shape index (κ3) is 4.45. The van der Waals surface area contributed by atoms with Crippen molar-refractivity contribution < 1.29 is 17.9 Å². The number of rotatable bonds is 6. The molecule has 2 aliphatic heterocycles. The highest BCUT2D eigenvalue weighted by Crippen LogP contribution is 2.37. The number of aryl methyl sites for hydroxylation is 1. The standard InChI is InChI=1S/C24H32N2O4S/c1-17-5-4-6-21(13-17)31(27,28)24(18-7-10-25-11-8-18)26-12-9-19-14-22(29-2)23(30-3)15-20(19)16-26/h4-6,13-15,18,24-25H,7-12,16H2,1-3H3. The Kier molecular flexibility index (Phi) is 6.55. The van der Waals surface area contributed by atoms with E-state index in [1.165, 1.54) is 5.56 Å². The maximum atomic E-state index is 13.9. The minimum atomic E-state index is -3.51. The first kappa shape index (κ1) is 22.1. The molecular formula is C24H32N2O4S. The van der Waals surface area contributed by atoms with E-state index in [0.29, 0.717) is 23.7 Å². The average Bonchev–Trinajstić information content (AvgIpc) is 2.78. The van der Waals surface area contributed by atoms with Gasteiger partial charge in [0.15, 0.2) is 21.3 Å². The van der Waals surface area contributed by atoms with Gasteiger partial charge in [0, 0.05) is 13.1 Å². The Morgan fingerprint density at radius 2 is 1.71 bits per heavy atom. The number of piperidine rings is 1. The van der Waals surface area contributed by atoms with Crippen LogP contribution in [0.4, 0.5) is 0 Å². The Morgan fingerprint density at radius 3 is 2.35 bits per heavy atom. The molecule has 0 aliphatic carbocycles. The number of benzene rings is 2. The minimum absolute atomic E-state index is 0.105. The zero-order valence-corrected chi connectivity index (χ0v) is 19.4. The van der Waals surface area contributed by atoms with Crippen LogP contribution in [0.5, 0.6) is 11.5 Å². The summed E-state index contributed by atoms with van der Waals surface area (Å²) in [5.74, 6) is 1.51. The highest BCUT2D eigenvalue weighted by atomic mass is 32.2. The van der Waals surface area contributed by atoms with Crippen molar-refractivity contribution in [1.82, 2.24) is 10.2 Å². The molecule has 2 aliphatic rings. The largest absolute Gasteiger partial charge is 0.493 e. The van der Waals surface area contributed by atoms with E-state index in [4.69, 9.17) is 9.47 Å². The lowest BCUT2D eigenvalue weighted by Gasteiger charge is -2.40. The average molecular weight is 445 g/mol. The van der Waals surface area contributed by atoms with Crippen LogP contribution in [-0.4, -0.2) is 52.5 Å². The van der Waals surface area contributed by atoms with Crippen molar-refractivity contribution in [2.75, 3.05) is 33.9 Å². The fourth-order valence-electron chi connectivity index (χ4n) is 4.93. The lowest BCUT2D eigenvalue weighted by molar-refractivity contribution is 0.159. The molecule has 2 aromatic carbocycles. The molecule has 168 valence electrons. The number of nitrogens with zero attached hydrogens (tertiary/aromatic N) is 1. The van der Waals surface area contributed by atoms with Gasteiger partial charge in [-0.15, -0.1) is 0 Å². The third-order valence-electron chi connectivity index (χ3n) is 6.53. The van der Waals surface area contributed by atoms with E-state index in [1.807, 2.05) is 31.2 Å². The highest BCUT2D eigenvalue weighted by molar-refractivity contribution is 7.92. The summed E-state index contributed by atoms with van der Waals surface area (Å²) >= 11 is 0. The summed E-state index contributed by atoms with van der Waals surface area (Å²) in [6, 6.07) is 11.3. The van der Waals surface area contributed by atoms with Gasteiger partial charge in [-0.25, -0.2) is 8.42 Å². The van der Waals surface area contributed by atoms with E-state index in [9.17, 15) is 8.42 Å². The summed E-state index contributed by atoms with van der Waals surface area (Å²) in [5, 5.41) is 2.84. The first-order valence-electron chi connectivity index (χ1n) is 10.9. The molecule has 0 amide bonds. The normalized spacial score (nSPS) is 18.9. The molecule has 0 radical (unpaired) electrons. The first-order valence-corrected chi connectivity index (χ1v) is 12.5. The molecule has 1 fully saturated rings. The molecule has 7 heteroatoms.